The van der Waals surface area contributed by atoms with Gasteiger partial charge >= 0.3 is 5.97 Å². The van der Waals surface area contributed by atoms with Crippen molar-refractivity contribution in [2.45, 2.75) is 39.2 Å². The highest BCUT2D eigenvalue weighted by atomic mass is 16.5. The average Bonchev–Trinajstić information content (AvgIpc) is 2.50. The van der Waals surface area contributed by atoms with E-state index >= 15 is 0 Å². The molecule has 2 atom stereocenters. The number of rotatable bonds is 4. The Morgan fingerprint density at radius 3 is 2.69 bits per heavy atom. The van der Waals surface area contributed by atoms with Crippen LogP contribution in [0.2, 0.25) is 0 Å². The molecule has 0 radical (unpaired) electrons. The maximum absolute atomic E-state index is 10.9. The van der Waals surface area contributed by atoms with Crippen molar-refractivity contribution in [3.63, 3.8) is 0 Å². The third-order valence-electron chi connectivity index (χ3n) is 2.66. The molecule has 76 valence electrons. The van der Waals surface area contributed by atoms with Crippen LogP contribution in [0.25, 0.3) is 0 Å². The second-order valence-electron chi connectivity index (χ2n) is 4.06. The zero-order valence-corrected chi connectivity index (χ0v) is 8.32. The van der Waals surface area contributed by atoms with Crippen LogP contribution in [0.5, 0.6) is 0 Å². The number of ether oxygens (including phenoxy) is 1. The molecule has 1 aliphatic heterocycles. The Bertz CT molecular complexity index is 171. The van der Waals surface area contributed by atoms with Gasteiger partial charge < -0.3 is 9.84 Å². The fourth-order valence-corrected chi connectivity index (χ4v) is 1.77. The molecule has 1 rings (SSSR count). The highest BCUT2D eigenvalue weighted by Gasteiger charge is 2.27. The molecule has 1 aliphatic rings. The van der Waals surface area contributed by atoms with Crippen LogP contribution in [0.15, 0.2) is 0 Å². The maximum atomic E-state index is 10.9. The fraction of sp³-hybridized carbons (Fsp3) is 0.900. The summed E-state index contributed by atoms with van der Waals surface area (Å²) in [6.07, 6.45) is 2.96. The lowest BCUT2D eigenvalue weighted by Gasteiger charge is -2.19. The average molecular weight is 186 g/mol. The van der Waals surface area contributed by atoms with Gasteiger partial charge in [0, 0.05) is 6.61 Å². The minimum Gasteiger partial charge on any atom is -0.481 e. The van der Waals surface area contributed by atoms with Crippen LogP contribution >= 0.6 is 0 Å². The van der Waals surface area contributed by atoms with Gasteiger partial charge in [-0.05, 0) is 25.2 Å². The predicted molar refractivity (Wildman–Crippen MR) is 49.6 cm³/mol. The van der Waals surface area contributed by atoms with Gasteiger partial charge in [0.25, 0.3) is 0 Å². The molecule has 0 amide bonds. The summed E-state index contributed by atoms with van der Waals surface area (Å²) < 4.78 is 5.42. The zero-order valence-electron chi connectivity index (χ0n) is 8.32. The van der Waals surface area contributed by atoms with E-state index in [0.717, 1.165) is 19.4 Å². The SMILES string of the molecule is CC(C)C(CC1CCCO1)C(=O)O. The Labute approximate surface area is 79.1 Å². The number of carbonyl (C=O) groups is 1. The first-order valence-electron chi connectivity index (χ1n) is 4.95. The molecule has 3 nitrogen and oxygen atoms in total. The largest absolute Gasteiger partial charge is 0.481 e. The second kappa shape index (κ2) is 4.61. The van der Waals surface area contributed by atoms with Crippen molar-refractivity contribution in [3.8, 4) is 0 Å². The quantitative estimate of drug-likeness (QED) is 0.729. The molecule has 1 N–H and O–H groups in total. The number of carboxylic acids is 1. The van der Waals surface area contributed by atoms with Crippen LogP contribution in [0.4, 0.5) is 0 Å². The summed E-state index contributed by atoms with van der Waals surface area (Å²) in [6.45, 7) is 4.70. The van der Waals surface area contributed by atoms with Gasteiger partial charge in [-0.3, -0.25) is 4.79 Å². The van der Waals surface area contributed by atoms with E-state index in [2.05, 4.69) is 0 Å². The Morgan fingerprint density at radius 1 is 1.62 bits per heavy atom. The molecule has 2 unspecified atom stereocenters. The van der Waals surface area contributed by atoms with Gasteiger partial charge in [0.05, 0.1) is 12.0 Å². The van der Waals surface area contributed by atoms with Crippen molar-refractivity contribution < 1.29 is 14.6 Å². The first-order valence-corrected chi connectivity index (χ1v) is 4.95. The van der Waals surface area contributed by atoms with Crippen LogP contribution < -0.4 is 0 Å². The molecular formula is C10H18O3. The fourth-order valence-electron chi connectivity index (χ4n) is 1.77. The number of aliphatic carboxylic acids is 1. The van der Waals surface area contributed by atoms with Crippen LogP contribution in [0.3, 0.4) is 0 Å². The summed E-state index contributed by atoms with van der Waals surface area (Å²) in [4.78, 5) is 10.9. The van der Waals surface area contributed by atoms with Gasteiger partial charge in [-0.25, -0.2) is 0 Å². The number of carboxylic acid groups (broad SMARTS) is 1. The lowest BCUT2D eigenvalue weighted by molar-refractivity contribution is -0.144. The predicted octanol–water partition coefficient (Wildman–Crippen LogP) is 1.91. The zero-order chi connectivity index (χ0) is 9.84. The van der Waals surface area contributed by atoms with Crippen molar-refractivity contribution in [2.24, 2.45) is 11.8 Å². The Morgan fingerprint density at radius 2 is 2.31 bits per heavy atom. The molecule has 0 spiro atoms. The Hall–Kier alpha value is -0.570. The topological polar surface area (TPSA) is 46.5 Å². The molecule has 0 aromatic rings. The molecule has 13 heavy (non-hydrogen) atoms. The van der Waals surface area contributed by atoms with E-state index in [-0.39, 0.29) is 17.9 Å². The number of hydrogen-bond donors (Lipinski definition) is 1. The summed E-state index contributed by atoms with van der Waals surface area (Å²) in [5.74, 6) is -0.740. The summed E-state index contributed by atoms with van der Waals surface area (Å²) in [6, 6.07) is 0. The molecule has 1 heterocycles. The molecule has 0 aliphatic carbocycles. The first-order chi connectivity index (χ1) is 6.11. The van der Waals surface area contributed by atoms with E-state index in [4.69, 9.17) is 9.84 Å². The molecule has 3 heteroatoms. The molecule has 0 aromatic heterocycles. The monoisotopic (exact) mass is 186 g/mol. The summed E-state index contributed by atoms with van der Waals surface area (Å²) >= 11 is 0. The number of hydrogen-bond acceptors (Lipinski definition) is 2. The molecule has 0 bridgehead atoms. The van der Waals surface area contributed by atoms with Crippen LogP contribution in [0, 0.1) is 11.8 Å². The van der Waals surface area contributed by atoms with Gasteiger partial charge in [-0.15, -0.1) is 0 Å². The Kier molecular flexibility index (Phi) is 3.72. The highest BCUT2D eigenvalue weighted by molar-refractivity contribution is 5.70. The normalized spacial score (nSPS) is 25.0. The molecule has 1 saturated heterocycles. The van der Waals surface area contributed by atoms with Gasteiger partial charge in [0.15, 0.2) is 0 Å². The molecule has 1 fully saturated rings. The van der Waals surface area contributed by atoms with Gasteiger partial charge in [0.2, 0.25) is 0 Å². The third kappa shape index (κ3) is 2.99. The van der Waals surface area contributed by atoms with Crippen LogP contribution in [-0.2, 0) is 9.53 Å². The van der Waals surface area contributed by atoms with Crippen LogP contribution in [-0.4, -0.2) is 23.8 Å². The lowest BCUT2D eigenvalue weighted by atomic mass is 9.89. The summed E-state index contributed by atoms with van der Waals surface area (Å²) in [7, 11) is 0. The van der Waals surface area contributed by atoms with E-state index in [0.29, 0.717) is 6.42 Å². The Balaban J connectivity index is 2.41. The lowest BCUT2D eigenvalue weighted by Crippen LogP contribution is -2.24. The van der Waals surface area contributed by atoms with Crippen molar-refractivity contribution in [1.29, 1.82) is 0 Å². The van der Waals surface area contributed by atoms with Crippen LogP contribution in [0.1, 0.15) is 33.1 Å². The van der Waals surface area contributed by atoms with Crippen molar-refractivity contribution >= 4 is 5.97 Å². The van der Waals surface area contributed by atoms with Crippen molar-refractivity contribution in [1.82, 2.24) is 0 Å². The second-order valence-corrected chi connectivity index (χ2v) is 4.06. The molecule has 0 aromatic carbocycles. The summed E-state index contributed by atoms with van der Waals surface area (Å²) in [5, 5.41) is 8.95. The van der Waals surface area contributed by atoms with Gasteiger partial charge in [-0.1, -0.05) is 13.8 Å². The maximum Gasteiger partial charge on any atom is 0.306 e. The smallest absolute Gasteiger partial charge is 0.306 e. The minimum atomic E-state index is -0.689. The van der Waals surface area contributed by atoms with E-state index in [1.54, 1.807) is 0 Å². The third-order valence-corrected chi connectivity index (χ3v) is 2.66. The summed E-state index contributed by atoms with van der Waals surface area (Å²) in [5.41, 5.74) is 0. The van der Waals surface area contributed by atoms with E-state index in [9.17, 15) is 4.79 Å². The van der Waals surface area contributed by atoms with E-state index in [1.807, 2.05) is 13.8 Å². The van der Waals surface area contributed by atoms with E-state index in [1.165, 1.54) is 0 Å². The van der Waals surface area contributed by atoms with Crippen molar-refractivity contribution in [3.05, 3.63) is 0 Å². The highest BCUT2D eigenvalue weighted by Crippen LogP contribution is 2.24. The van der Waals surface area contributed by atoms with E-state index < -0.39 is 5.97 Å². The minimum absolute atomic E-state index is 0.184. The first kappa shape index (κ1) is 10.5. The molecular weight excluding hydrogens is 168 g/mol. The van der Waals surface area contributed by atoms with Crippen molar-refractivity contribution in [2.75, 3.05) is 6.61 Å². The molecule has 0 saturated carbocycles. The van der Waals surface area contributed by atoms with Gasteiger partial charge in [-0.2, -0.15) is 0 Å². The standard InChI is InChI=1S/C10H18O3/c1-7(2)9(10(11)12)6-8-4-3-5-13-8/h7-9H,3-6H2,1-2H3,(H,11,12). The van der Waals surface area contributed by atoms with Gasteiger partial charge in [0.1, 0.15) is 0 Å².